The van der Waals surface area contributed by atoms with Crippen LogP contribution >= 0.6 is 0 Å². The zero-order chi connectivity index (χ0) is 22.7. The van der Waals surface area contributed by atoms with Gasteiger partial charge in [-0.15, -0.1) is 0 Å². The quantitative estimate of drug-likeness (QED) is 0.701. The largest absolute Gasteiger partial charge is 0.392 e. The Balaban J connectivity index is 1.27. The lowest BCUT2D eigenvalue weighted by molar-refractivity contribution is -0.166. The average Bonchev–Trinajstić information content (AvgIpc) is 3.46. The van der Waals surface area contributed by atoms with E-state index in [1.165, 1.54) is 11.1 Å². The molecule has 1 aromatic heterocycles. The van der Waals surface area contributed by atoms with Gasteiger partial charge in [0.2, 0.25) is 5.91 Å². The second kappa shape index (κ2) is 7.70. The number of carbonyl (C=O) groups is 1. The van der Waals surface area contributed by atoms with E-state index in [0.717, 1.165) is 25.0 Å². The predicted octanol–water partition coefficient (Wildman–Crippen LogP) is 2.38. The molecule has 4 heterocycles. The minimum Gasteiger partial charge on any atom is -0.392 e. The Morgan fingerprint density at radius 2 is 2.09 bits per heavy atom. The third kappa shape index (κ3) is 3.30. The van der Waals surface area contributed by atoms with Crippen LogP contribution in [-0.2, 0) is 14.6 Å². The number of aliphatic hydroxyl groups excluding tert-OH is 1. The third-order valence-corrected chi connectivity index (χ3v) is 10.0. The highest BCUT2D eigenvalue weighted by Crippen LogP contribution is 2.59. The zero-order valence-electron chi connectivity index (χ0n) is 18.5. The molecule has 0 aromatic carbocycles. The van der Waals surface area contributed by atoms with Crippen molar-refractivity contribution in [2.45, 2.75) is 44.8 Å². The molecule has 0 bridgehead atoms. The maximum absolute atomic E-state index is 12.8. The van der Waals surface area contributed by atoms with Crippen LogP contribution in [0.1, 0.15) is 44.3 Å². The van der Waals surface area contributed by atoms with E-state index >= 15 is 0 Å². The number of likely N-dealkylation sites (tertiary alicyclic amines) is 1. The Bertz CT molecular complexity index is 1110. The lowest BCUT2D eigenvalue weighted by Gasteiger charge is -2.58. The number of aromatic nitrogens is 2. The smallest absolute Gasteiger partial charge is 0.226 e. The van der Waals surface area contributed by atoms with Crippen LogP contribution in [0.15, 0.2) is 42.9 Å². The van der Waals surface area contributed by atoms with Crippen LogP contribution in [0.3, 0.4) is 0 Å². The number of piperidine rings is 1. The molecule has 4 aliphatic rings. The molecule has 0 radical (unpaired) electrons. The topological polar surface area (TPSA) is 92.5 Å². The number of nitrogens with zero attached hydrogens (tertiary/aromatic N) is 3. The van der Waals surface area contributed by atoms with Crippen molar-refractivity contribution in [2.24, 2.45) is 17.3 Å². The molecule has 4 atom stereocenters. The van der Waals surface area contributed by atoms with Gasteiger partial charge in [0.1, 0.15) is 0 Å². The van der Waals surface area contributed by atoms with Gasteiger partial charge < -0.3 is 14.6 Å². The summed E-state index contributed by atoms with van der Waals surface area (Å²) < 4.78 is 25.7. The molecule has 5 rings (SSSR count). The molecule has 1 spiro atoms. The summed E-state index contributed by atoms with van der Waals surface area (Å²) in [6.07, 6.45) is 12.0. The van der Waals surface area contributed by atoms with Crippen LogP contribution in [-0.4, -0.2) is 64.6 Å². The van der Waals surface area contributed by atoms with Crippen LogP contribution < -0.4 is 0 Å². The number of fused-ring (bicyclic) bond motifs is 1. The first-order chi connectivity index (χ1) is 15.3. The number of allylic oxidation sites excluding steroid dienone is 5. The van der Waals surface area contributed by atoms with Gasteiger partial charge in [-0.25, -0.2) is 13.4 Å². The number of amides is 1. The van der Waals surface area contributed by atoms with Crippen LogP contribution in [0.2, 0.25) is 0 Å². The van der Waals surface area contributed by atoms with Gasteiger partial charge >= 0.3 is 0 Å². The van der Waals surface area contributed by atoms with E-state index in [-0.39, 0.29) is 34.8 Å². The van der Waals surface area contributed by atoms with E-state index in [2.05, 4.69) is 29.1 Å². The molecule has 2 saturated heterocycles. The molecular formula is C24H31N3O4S. The lowest BCUT2D eigenvalue weighted by atomic mass is 9.53. The number of hydrogen-bond donors (Lipinski definition) is 1. The van der Waals surface area contributed by atoms with Crippen molar-refractivity contribution in [3.8, 4) is 0 Å². The van der Waals surface area contributed by atoms with Crippen molar-refractivity contribution >= 4 is 21.3 Å². The molecule has 1 aromatic rings. The monoisotopic (exact) mass is 457 g/mol. The van der Waals surface area contributed by atoms with Crippen molar-refractivity contribution in [1.82, 2.24) is 14.5 Å². The van der Waals surface area contributed by atoms with Crippen molar-refractivity contribution in [1.29, 1.82) is 0 Å². The van der Waals surface area contributed by atoms with Gasteiger partial charge in [-0.05, 0) is 43.8 Å². The molecule has 3 aliphatic heterocycles. The van der Waals surface area contributed by atoms with Gasteiger partial charge in [0.15, 0.2) is 9.84 Å². The molecule has 3 fully saturated rings. The number of aliphatic hydroxyl groups is 1. The number of hydrogen-bond acceptors (Lipinski definition) is 5. The molecule has 7 nitrogen and oxygen atoms in total. The van der Waals surface area contributed by atoms with Gasteiger partial charge in [0.25, 0.3) is 0 Å². The fourth-order valence-electron chi connectivity index (χ4n) is 6.37. The normalized spacial score (nSPS) is 33.0. The maximum atomic E-state index is 12.8. The Hall–Kier alpha value is -2.19. The summed E-state index contributed by atoms with van der Waals surface area (Å²) in [6.45, 7) is 7.08. The molecule has 1 aliphatic carbocycles. The maximum Gasteiger partial charge on any atom is 0.226 e. The van der Waals surface area contributed by atoms with E-state index in [1.807, 2.05) is 23.5 Å². The van der Waals surface area contributed by atoms with Crippen molar-refractivity contribution < 1.29 is 18.3 Å². The second-order valence-corrected chi connectivity index (χ2v) is 12.1. The van der Waals surface area contributed by atoms with Crippen LogP contribution in [0.4, 0.5) is 0 Å². The summed E-state index contributed by atoms with van der Waals surface area (Å²) in [4.78, 5) is 19.0. The standard InChI is InChI=1S/C24H31N3O4S/c1-3-4-5-18-16(2)20-13-25-15-27(20)21(18)19-12-24(22(19)28)7-9-26(10-8-24)23(29)17-6-11-32(30,31)14-17/h3-5,13,15,17,19,21-22,28H,1,6-12,14H2,2H3/b5-4-/t17?,19-,21+,22+/m0/s1. The summed E-state index contributed by atoms with van der Waals surface area (Å²) in [6, 6.07) is 0.0627. The average molecular weight is 458 g/mol. The molecule has 8 heteroatoms. The Morgan fingerprint density at radius 1 is 1.34 bits per heavy atom. The highest BCUT2D eigenvalue weighted by Gasteiger charge is 2.58. The molecular weight excluding hydrogens is 426 g/mol. The molecule has 1 N–H and O–H groups in total. The first-order valence-electron chi connectivity index (χ1n) is 11.5. The second-order valence-electron chi connectivity index (χ2n) is 9.91. The molecule has 172 valence electrons. The fraction of sp³-hybridized carbons (Fsp3) is 0.583. The summed E-state index contributed by atoms with van der Waals surface area (Å²) in [5, 5.41) is 11.4. The van der Waals surface area contributed by atoms with Gasteiger partial charge in [-0.1, -0.05) is 24.8 Å². The van der Waals surface area contributed by atoms with E-state index in [0.29, 0.717) is 19.5 Å². The fourth-order valence-corrected chi connectivity index (χ4v) is 8.10. The summed E-state index contributed by atoms with van der Waals surface area (Å²) in [5.74, 6) is -0.208. The SMILES string of the molecule is C=C/C=C\C1=C(C)c2cncn2[C@H]1[C@@H]1CC2(CCN(C(=O)C3CCS(=O)(=O)C3)CC2)[C@@H]1O. The van der Waals surface area contributed by atoms with Gasteiger partial charge in [0, 0.05) is 24.4 Å². The lowest BCUT2D eigenvalue weighted by Crippen LogP contribution is -2.60. The number of sulfone groups is 1. The summed E-state index contributed by atoms with van der Waals surface area (Å²) in [5.41, 5.74) is 3.33. The summed E-state index contributed by atoms with van der Waals surface area (Å²) in [7, 11) is -3.07. The number of imidazole rings is 1. The van der Waals surface area contributed by atoms with Crippen LogP contribution in [0.5, 0.6) is 0 Å². The number of rotatable bonds is 4. The molecule has 32 heavy (non-hydrogen) atoms. The van der Waals surface area contributed by atoms with Crippen molar-refractivity contribution in [2.75, 3.05) is 24.6 Å². The van der Waals surface area contributed by atoms with Gasteiger partial charge in [0.05, 0.1) is 47.8 Å². The minimum atomic E-state index is -3.07. The van der Waals surface area contributed by atoms with Crippen LogP contribution in [0.25, 0.3) is 5.57 Å². The third-order valence-electron chi connectivity index (χ3n) is 8.25. The highest BCUT2D eigenvalue weighted by molar-refractivity contribution is 7.91. The van der Waals surface area contributed by atoms with E-state index in [4.69, 9.17) is 0 Å². The Labute approximate surface area is 189 Å². The first-order valence-corrected chi connectivity index (χ1v) is 13.3. The van der Waals surface area contributed by atoms with Gasteiger partial charge in [-0.2, -0.15) is 0 Å². The molecule has 1 amide bonds. The first kappa shape index (κ1) is 21.6. The van der Waals surface area contributed by atoms with Crippen molar-refractivity contribution in [3.05, 3.63) is 48.6 Å². The zero-order valence-corrected chi connectivity index (χ0v) is 19.3. The summed E-state index contributed by atoms with van der Waals surface area (Å²) >= 11 is 0. The van der Waals surface area contributed by atoms with E-state index in [1.54, 1.807) is 6.08 Å². The van der Waals surface area contributed by atoms with E-state index < -0.39 is 21.9 Å². The number of carbonyl (C=O) groups excluding carboxylic acids is 1. The Kier molecular flexibility index (Phi) is 5.21. The predicted molar refractivity (Wildman–Crippen MR) is 122 cm³/mol. The molecule has 1 saturated carbocycles. The molecule has 1 unspecified atom stereocenters. The minimum absolute atomic E-state index is 0.0141. The van der Waals surface area contributed by atoms with E-state index in [9.17, 15) is 18.3 Å². The van der Waals surface area contributed by atoms with Crippen LogP contribution in [0, 0.1) is 17.3 Å². The van der Waals surface area contributed by atoms with Crippen molar-refractivity contribution in [3.63, 3.8) is 0 Å². The van der Waals surface area contributed by atoms with Gasteiger partial charge in [-0.3, -0.25) is 4.79 Å². The highest BCUT2D eigenvalue weighted by atomic mass is 32.2. The Morgan fingerprint density at radius 3 is 2.72 bits per heavy atom.